The van der Waals surface area contributed by atoms with Gasteiger partial charge in [0.2, 0.25) is 5.89 Å². The molecular formula is C12H11ClN2O. The zero-order chi connectivity index (χ0) is 11.0. The topological polar surface area (TPSA) is 38.1 Å². The third kappa shape index (κ3) is 1.72. The molecule has 3 rings (SSSR count). The van der Waals surface area contributed by atoms with E-state index in [1.165, 1.54) is 0 Å². The number of aromatic nitrogens is 1. The van der Waals surface area contributed by atoms with Gasteiger partial charge in [-0.3, -0.25) is 0 Å². The molecule has 0 spiro atoms. The fraction of sp³-hybridized carbons (Fsp3) is 0.250. The van der Waals surface area contributed by atoms with Crippen LogP contribution in [0.5, 0.6) is 0 Å². The molecule has 1 fully saturated rings. The van der Waals surface area contributed by atoms with E-state index in [0.717, 1.165) is 24.3 Å². The summed E-state index contributed by atoms with van der Waals surface area (Å²) in [5.74, 6) is 1.14. The molecule has 0 atom stereocenters. The summed E-state index contributed by atoms with van der Waals surface area (Å²) in [6.07, 6.45) is 1.74. The number of halogens is 1. The van der Waals surface area contributed by atoms with Gasteiger partial charge >= 0.3 is 0 Å². The molecule has 4 heteroatoms. The van der Waals surface area contributed by atoms with Crippen molar-refractivity contribution in [3.63, 3.8) is 0 Å². The molecule has 0 amide bonds. The minimum atomic E-state index is 0.497. The van der Waals surface area contributed by atoms with Crippen LogP contribution >= 0.6 is 11.6 Å². The van der Waals surface area contributed by atoms with Gasteiger partial charge in [-0.2, -0.15) is 0 Å². The normalized spacial score (nSPS) is 16.1. The number of benzene rings is 1. The molecule has 16 heavy (non-hydrogen) atoms. The van der Waals surface area contributed by atoms with E-state index in [-0.39, 0.29) is 0 Å². The first kappa shape index (κ1) is 9.87. The number of oxazole rings is 1. The van der Waals surface area contributed by atoms with Crippen LogP contribution in [0.4, 0.5) is 0 Å². The zero-order valence-electron chi connectivity index (χ0n) is 8.61. The molecule has 0 radical (unpaired) electrons. The molecule has 0 unspecified atom stereocenters. The van der Waals surface area contributed by atoms with Crippen LogP contribution in [-0.4, -0.2) is 18.1 Å². The van der Waals surface area contributed by atoms with E-state index >= 15 is 0 Å². The standard InChI is InChI=1S/C12H11ClN2O/c13-10-3-1-2-8(4-10)12-15-11(7-16-12)9-5-14-6-9/h1-4,7,9,14H,5-6H2. The number of hydrogen-bond donors (Lipinski definition) is 1. The van der Waals surface area contributed by atoms with Gasteiger partial charge in [-0.25, -0.2) is 4.98 Å². The highest BCUT2D eigenvalue weighted by molar-refractivity contribution is 6.30. The first-order chi connectivity index (χ1) is 7.83. The minimum absolute atomic E-state index is 0.497. The molecule has 1 aromatic heterocycles. The van der Waals surface area contributed by atoms with Crippen LogP contribution in [0, 0.1) is 0 Å². The highest BCUT2D eigenvalue weighted by Crippen LogP contribution is 2.25. The van der Waals surface area contributed by atoms with Crippen molar-refractivity contribution < 1.29 is 4.42 Å². The minimum Gasteiger partial charge on any atom is -0.444 e. The molecule has 3 nitrogen and oxygen atoms in total. The fourth-order valence-electron chi connectivity index (χ4n) is 1.73. The Bertz CT molecular complexity index is 505. The molecule has 1 saturated heterocycles. The number of rotatable bonds is 2. The first-order valence-corrected chi connectivity index (χ1v) is 5.63. The molecule has 0 aliphatic carbocycles. The van der Waals surface area contributed by atoms with Gasteiger partial charge in [-0.05, 0) is 18.2 Å². The molecular weight excluding hydrogens is 224 g/mol. The van der Waals surface area contributed by atoms with Crippen LogP contribution in [-0.2, 0) is 0 Å². The van der Waals surface area contributed by atoms with Gasteiger partial charge in [0.05, 0.1) is 5.69 Å². The second-order valence-electron chi connectivity index (χ2n) is 3.94. The van der Waals surface area contributed by atoms with Crippen LogP contribution in [0.2, 0.25) is 5.02 Å². The quantitative estimate of drug-likeness (QED) is 0.868. The van der Waals surface area contributed by atoms with Gasteiger partial charge in [0, 0.05) is 29.6 Å². The predicted molar refractivity (Wildman–Crippen MR) is 62.6 cm³/mol. The van der Waals surface area contributed by atoms with Crippen LogP contribution in [0.25, 0.3) is 11.5 Å². The lowest BCUT2D eigenvalue weighted by Crippen LogP contribution is -2.40. The Labute approximate surface area is 98.4 Å². The predicted octanol–water partition coefficient (Wildman–Crippen LogP) is 2.68. The summed E-state index contributed by atoms with van der Waals surface area (Å²) in [5, 5.41) is 3.91. The van der Waals surface area contributed by atoms with Gasteiger partial charge in [0.15, 0.2) is 0 Å². The lowest BCUT2D eigenvalue weighted by molar-refractivity contribution is 0.438. The Morgan fingerprint density at radius 3 is 2.94 bits per heavy atom. The molecule has 2 heterocycles. The summed E-state index contributed by atoms with van der Waals surface area (Å²) in [4.78, 5) is 4.48. The third-order valence-electron chi connectivity index (χ3n) is 2.79. The molecule has 1 aliphatic heterocycles. The molecule has 82 valence electrons. The molecule has 1 N–H and O–H groups in total. The molecule has 1 aromatic carbocycles. The van der Waals surface area contributed by atoms with Crippen LogP contribution < -0.4 is 5.32 Å². The van der Waals surface area contributed by atoms with Crippen molar-refractivity contribution in [3.05, 3.63) is 41.2 Å². The maximum atomic E-state index is 5.92. The van der Waals surface area contributed by atoms with Gasteiger partial charge < -0.3 is 9.73 Å². The van der Waals surface area contributed by atoms with Crippen molar-refractivity contribution in [3.8, 4) is 11.5 Å². The van der Waals surface area contributed by atoms with Crippen LogP contribution in [0.15, 0.2) is 34.9 Å². The summed E-state index contributed by atoms with van der Waals surface area (Å²) in [7, 11) is 0. The third-order valence-corrected chi connectivity index (χ3v) is 3.03. The summed E-state index contributed by atoms with van der Waals surface area (Å²) >= 11 is 5.92. The van der Waals surface area contributed by atoms with E-state index in [9.17, 15) is 0 Å². The summed E-state index contributed by atoms with van der Waals surface area (Å²) in [6, 6.07) is 7.54. The Hall–Kier alpha value is -1.32. The fourth-order valence-corrected chi connectivity index (χ4v) is 1.92. The second kappa shape index (κ2) is 3.92. The molecule has 2 aromatic rings. The first-order valence-electron chi connectivity index (χ1n) is 5.25. The monoisotopic (exact) mass is 234 g/mol. The largest absolute Gasteiger partial charge is 0.444 e. The van der Waals surface area contributed by atoms with Crippen molar-refractivity contribution in [2.75, 3.05) is 13.1 Å². The van der Waals surface area contributed by atoms with Crippen molar-refractivity contribution in [1.29, 1.82) is 0 Å². The lowest BCUT2D eigenvalue weighted by atomic mass is 10.0. The van der Waals surface area contributed by atoms with Gasteiger partial charge in [0.1, 0.15) is 6.26 Å². The Morgan fingerprint density at radius 1 is 1.38 bits per heavy atom. The van der Waals surface area contributed by atoms with Gasteiger partial charge in [-0.15, -0.1) is 0 Å². The smallest absolute Gasteiger partial charge is 0.226 e. The Morgan fingerprint density at radius 2 is 2.25 bits per heavy atom. The molecule has 0 saturated carbocycles. The van der Waals surface area contributed by atoms with E-state index in [2.05, 4.69) is 10.3 Å². The van der Waals surface area contributed by atoms with E-state index in [1.807, 2.05) is 24.3 Å². The van der Waals surface area contributed by atoms with Crippen LogP contribution in [0.3, 0.4) is 0 Å². The van der Waals surface area contributed by atoms with E-state index < -0.39 is 0 Å². The summed E-state index contributed by atoms with van der Waals surface area (Å²) in [5.41, 5.74) is 1.94. The van der Waals surface area contributed by atoms with E-state index in [0.29, 0.717) is 16.8 Å². The Balaban J connectivity index is 1.91. The maximum Gasteiger partial charge on any atom is 0.226 e. The van der Waals surface area contributed by atoms with Crippen LogP contribution in [0.1, 0.15) is 11.6 Å². The summed E-state index contributed by atoms with van der Waals surface area (Å²) < 4.78 is 5.47. The lowest BCUT2D eigenvalue weighted by Gasteiger charge is -2.24. The Kier molecular flexibility index (Phi) is 2.42. The average Bonchev–Trinajstić information content (AvgIpc) is 2.64. The van der Waals surface area contributed by atoms with Crippen molar-refractivity contribution in [2.24, 2.45) is 0 Å². The van der Waals surface area contributed by atoms with E-state index in [1.54, 1.807) is 6.26 Å². The molecule has 1 aliphatic rings. The highest BCUT2D eigenvalue weighted by Gasteiger charge is 2.22. The van der Waals surface area contributed by atoms with Crippen molar-refractivity contribution >= 4 is 11.6 Å². The average molecular weight is 235 g/mol. The van der Waals surface area contributed by atoms with Crippen molar-refractivity contribution in [1.82, 2.24) is 10.3 Å². The van der Waals surface area contributed by atoms with Gasteiger partial charge in [0.25, 0.3) is 0 Å². The number of nitrogens with zero attached hydrogens (tertiary/aromatic N) is 1. The van der Waals surface area contributed by atoms with Crippen molar-refractivity contribution in [2.45, 2.75) is 5.92 Å². The molecule has 0 bridgehead atoms. The van der Waals surface area contributed by atoms with Gasteiger partial charge in [-0.1, -0.05) is 17.7 Å². The number of hydrogen-bond acceptors (Lipinski definition) is 3. The summed E-state index contributed by atoms with van der Waals surface area (Å²) in [6.45, 7) is 1.98. The number of nitrogens with one attached hydrogen (secondary N) is 1. The second-order valence-corrected chi connectivity index (χ2v) is 4.38. The van der Waals surface area contributed by atoms with E-state index in [4.69, 9.17) is 16.0 Å². The maximum absolute atomic E-state index is 5.92. The SMILES string of the molecule is Clc1cccc(-c2nc(C3CNC3)co2)c1. The highest BCUT2D eigenvalue weighted by atomic mass is 35.5. The zero-order valence-corrected chi connectivity index (χ0v) is 9.37.